The lowest BCUT2D eigenvalue weighted by Crippen LogP contribution is -2.27. The van der Waals surface area contributed by atoms with E-state index in [-0.39, 0.29) is 35.4 Å². The number of nitrogens with one attached hydrogen (secondary N) is 1. The van der Waals surface area contributed by atoms with E-state index < -0.39 is 11.1 Å². The molecule has 5 rings (SSSR count). The minimum absolute atomic E-state index is 0.0181. The number of carbonyl (C=O) groups is 2. The molecule has 0 saturated carbocycles. The van der Waals surface area contributed by atoms with Gasteiger partial charge in [0, 0.05) is 49.3 Å². The Kier molecular flexibility index (Phi) is 10.7. The summed E-state index contributed by atoms with van der Waals surface area (Å²) in [6, 6.07) is 33.6. The fraction of sp³-hybridized carbons (Fsp3) is 0.256. The first-order valence-electron chi connectivity index (χ1n) is 15.8. The molecular formula is C39H41N3O5S. The number of carbonyl (C=O) groups excluding carboxylic acids is 2. The van der Waals surface area contributed by atoms with Gasteiger partial charge in [0.1, 0.15) is 0 Å². The molecule has 1 heterocycles. The molecule has 2 N–H and O–H groups in total. The monoisotopic (exact) mass is 663 g/mol. The van der Waals surface area contributed by atoms with Gasteiger partial charge in [0.05, 0.1) is 11.4 Å². The van der Waals surface area contributed by atoms with E-state index in [1.165, 1.54) is 5.56 Å². The maximum atomic E-state index is 12.5. The number of rotatable bonds is 11. The Hall–Kier alpha value is -4.86. The maximum Gasteiger partial charge on any atom is 0.253 e. The standard InChI is InChI=1S/C39H41N3O5S/c1-39(2,3)33-19-17-28(18-20-33)34(23-26-9-11-29(12-10-26)37(43)40-21-22-48(45)46)35-25-36(47-41-35)32-8-6-7-31(24-32)27-13-15-30(16-14-27)38(44)42(4)5/h6-20,24-25,34H,21-23H2,1-5H3,(H,40,43)(H,45,46). The molecule has 0 spiro atoms. The molecule has 248 valence electrons. The molecule has 0 fully saturated rings. The Bertz CT molecular complexity index is 1890. The van der Waals surface area contributed by atoms with Crippen LogP contribution in [0.15, 0.2) is 108 Å². The SMILES string of the molecule is CN(C)C(=O)c1ccc(-c2cccc(-c3cc(C(Cc4ccc(C(=O)NCCS(=O)O)cc4)c4ccc(C(C)(C)C)cc4)no3)c2)cc1. The molecule has 0 radical (unpaired) electrons. The van der Waals surface area contributed by atoms with Gasteiger partial charge in [0.25, 0.3) is 11.8 Å². The number of hydrogen-bond donors (Lipinski definition) is 2. The van der Waals surface area contributed by atoms with Crippen LogP contribution in [0, 0.1) is 0 Å². The minimum Gasteiger partial charge on any atom is -0.356 e. The molecule has 1 aromatic heterocycles. The van der Waals surface area contributed by atoms with Crippen molar-refractivity contribution in [1.29, 1.82) is 0 Å². The van der Waals surface area contributed by atoms with Crippen LogP contribution in [-0.4, -0.2) is 57.0 Å². The van der Waals surface area contributed by atoms with Gasteiger partial charge in [0.15, 0.2) is 16.8 Å². The summed E-state index contributed by atoms with van der Waals surface area (Å²) >= 11 is -1.96. The minimum atomic E-state index is -1.96. The highest BCUT2D eigenvalue weighted by Crippen LogP contribution is 2.34. The smallest absolute Gasteiger partial charge is 0.253 e. The Morgan fingerprint density at radius 2 is 1.50 bits per heavy atom. The van der Waals surface area contributed by atoms with Crippen molar-refractivity contribution in [3.8, 4) is 22.5 Å². The summed E-state index contributed by atoms with van der Waals surface area (Å²) in [5, 5.41) is 7.23. The first-order valence-corrected chi connectivity index (χ1v) is 17.1. The quantitative estimate of drug-likeness (QED) is 0.143. The van der Waals surface area contributed by atoms with E-state index in [9.17, 15) is 13.8 Å². The predicted octanol–water partition coefficient (Wildman–Crippen LogP) is 7.33. The normalized spacial score (nSPS) is 12.7. The van der Waals surface area contributed by atoms with Crippen molar-refractivity contribution < 1.29 is 22.9 Å². The lowest BCUT2D eigenvalue weighted by Gasteiger charge is -2.21. The molecule has 9 heteroatoms. The van der Waals surface area contributed by atoms with Crippen molar-refractivity contribution in [3.63, 3.8) is 0 Å². The van der Waals surface area contributed by atoms with Crippen LogP contribution in [0.5, 0.6) is 0 Å². The molecule has 0 aliphatic carbocycles. The average molecular weight is 664 g/mol. The fourth-order valence-corrected chi connectivity index (χ4v) is 5.77. The lowest BCUT2D eigenvalue weighted by atomic mass is 9.83. The van der Waals surface area contributed by atoms with E-state index in [4.69, 9.17) is 9.08 Å². The molecule has 0 saturated heterocycles. The predicted molar refractivity (Wildman–Crippen MR) is 190 cm³/mol. The summed E-state index contributed by atoms with van der Waals surface area (Å²) in [6.45, 7) is 6.69. The molecule has 8 nitrogen and oxygen atoms in total. The molecule has 2 atom stereocenters. The third-order valence-corrected chi connectivity index (χ3v) is 8.85. The van der Waals surface area contributed by atoms with E-state index in [1.807, 2.05) is 60.7 Å². The van der Waals surface area contributed by atoms with Gasteiger partial charge in [-0.15, -0.1) is 0 Å². The molecule has 2 amide bonds. The lowest BCUT2D eigenvalue weighted by molar-refractivity contribution is 0.0827. The average Bonchev–Trinajstić information content (AvgIpc) is 3.57. The Morgan fingerprint density at radius 3 is 2.12 bits per heavy atom. The van der Waals surface area contributed by atoms with Crippen molar-refractivity contribution in [2.45, 2.75) is 38.5 Å². The highest BCUT2D eigenvalue weighted by molar-refractivity contribution is 7.79. The van der Waals surface area contributed by atoms with Crippen molar-refractivity contribution in [3.05, 3.63) is 137 Å². The van der Waals surface area contributed by atoms with Gasteiger partial charge in [-0.3, -0.25) is 9.59 Å². The van der Waals surface area contributed by atoms with Crippen molar-refractivity contribution >= 4 is 22.9 Å². The number of aromatic nitrogens is 1. The third kappa shape index (κ3) is 8.53. The zero-order valence-electron chi connectivity index (χ0n) is 27.9. The molecular weight excluding hydrogens is 623 g/mol. The van der Waals surface area contributed by atoms with E-state index in [0.717, 1.165) is 33.5 Å². The van der Waals surface area contributed by atoms with Gasteiger partial charge in [-0.25, -0.2) is 4.21 Å². The molecule has 5 aromatic rings. The van der Waals surface area contributed by atoms with Gasteiger partial charge < -0.3 is 19.3 Å². The second-order valence-corrected chi connectivity index (χ2v) is 14.1. The van der Waals surface area contributed by atoms with Gasteiger partial charge in [-0.05, 0) is 70.0 Å². The summed E-state index contributed by atoms with van der Waals surface area (Å²) in [5.74, 6) is 0.194. The van der Waals surface area contributed by atoms with Crippen LogP contribution in [-0.2, 0) is 22.9 Å². The van der Waals surface area contributed by atoms with Crippen LogP contribution < -0.4 is 5.32 Å². The number of benzene rings is 4. The molecule has 48 heavy (non-hydrogen) atoms. The van der Waals surface area contributed by atoms with E-state index in [2.05, 4.69) is 61.6 Å². The zero-order chi connectivity index (χ0) is 34.4. The van der Waals surface area contributed by atoms with Crippen LogP contribution in [0.3, 0.4) is 0 Å². The molecule has 0 aliphatic heterocycles. The highest BCUT2D eigenvalue weighted by atomic mass is 32.2. The van der Waals surface area contributed by atoms with Gasteiger partial charge in [-0.2, -0.15) is 0 Å². The van der Waals surface area contributed by atoms with E-state index >= 15 is 0 Å². The Labute approximate surface area is 284 Å². The van der Waals surface area contributed by atoms with Gasteiger partial charge in [-0.1, -0.05) is 92.7 Å². The topological polar surface area (TPSA) is 113 Å². The maximum absolute atomic E-state index is 12.5. The third-order valence-electron chi connectivity index (χ3n) is 8.30. The number of hydrogen-bond acceptors (Lipinski definition) is 5. The van der Waals surface area contributed by atoms with Gasteiger partial charge in [0.2, 0.25) is 0 Å². The van der Waals surface area contributed by atoms with E-state index in [0.29, 0.717) is 23.3 Å². The summed E-state index contributed by atoms with van der Waals surface area (Å²) in [7, 11) is 3.48. The molecule has 2 unspecified atom stereocenters. The fourth-order valence-electron chi connectivity index (χ4n) is 5.50. The number of nitrogens with zero attached hydrogens (tertiary/aromatic N) is 2. The van der Waals surface area contributed by atoms with Crippen LogP contribution in [0.25, 0.3) is 22.5 Å². The summed E-state index contributed by atoms with van der Waals surface area (Å²) in [4.78, 5) is 26.4. The first-order chi connectivity index (χ1) is 22.9. The van der Waals surface area contributed by atoms with Crippen molar-refractivity contribution in [2.24, 2.45) is 0 Å². The second-order valence-electron chi connectivity index (χ2n) is 13.1. The van der Waals surface area contributed by atoms with Crippen LogP contribution in [0.1, 0.15) is 69.8 Å². The summed E-state index contributed by atoms with van der Waals surface area (Å²) < 4.78 is 25.8. The van der Waals surface area contributed by atoms with Crippen molar-refractivity contribution in [1.82, 2.24) is 15.4 Å². The summed E-state index contributed by atoms with van der Waals surface area (Å²) in [6.07, 6.45) is 0.629. The Balaban J connectivity index is 1.41. The molecule has 0 bridgehead atoms. The van der Waals surface area contributed by atoms with Crippen LogP contribution in [0.2, 0.25) is 0 Å². The largest absolute Gasteiger partial charge is 0.356 e. The van der Waals surface area contributed by atoms with Crippen LogP contribution in [0.4, 0.5) is 0 Å². The Morgan fingerprint density at radius 1 is 0.854 bits per heavy atom. The summed E-state index contributed by atoms with van der Waals surface area (Å²) in [5.41, 5.74) is 8.17. The van der Waals surface area contributed by atoms with Crippen LogP contribution >= 0.6 is 0 Å². The van der Waals surface area contributed by atoms with E-state index in [1.54, 1.807) is 31.1 Å². The molecule has 0 aliphatic rings. The highest BCUT2D eigenvalue weighted by Gasteiger charge is 2.22. The first kappa shape index (κ1) is 34.5. The number of amides is 2. The zero-order valence-corrected chi connectivity index (χ0v) is 28.7. The van der Waals surface area contributed by atoms with Gasteiger partial charge >= 0.3 is 0 Å². The second kappa shape index (κ2) is 14.9. The molecule has 4 aromatic carbocycles. The van der Waals surface area contributed by atoms with Crippen molar-refractivity contribution in [2.75, 3.05) is 26.4 Å².